The number of benzene rings is 1. The lowest BCUT2D eigenvalue weighted by atomic mass is 9.96. The molecule has 1 N–H and O–H groups in total. The van der Waals surface area contributed by atoms with E-state index in [0.29, 0.717) is 57.1 Å². The van der Waals surface area contributed by atoms with Crippen LogP contribution in [0, 0.1) is 5.92 Å². The Morgan fingerprint density at radius 3 is 2.61 bits per heavy atom. The Morgan fingerprint density at radius 2 is 1.96 bits per heavy atom. The molecule has 2 aromatic rings. The fraction of sp³-hybridized carbons (Fsp3) is 0.500. The number of hydrogen-bond donors (Lipinski definition) is 1. The summed E-state index contributed by atoms with van der Waals surface area (Å²) < 4.78 is 10.7. The first-order valence-corrected chi connectivity index (χ1v) is 9.66. The van der Waals surface area contributed by atoms with Crippen LogP contribution in [0.25, 0.3) is 11.4 Å². The van der Waals surface area contributed by atoms with E-state index in [1.54, 1.807) is 7.05 Å². The summed E-state index contributed by atoms with van der Waals surface area (Å²) >= 11 is 0. The second-order valence-electron chi connectivity index (χ2n) is 6.74. The first-order chi connectivity index (χ1) is 13.6. The lowest BCUT2D eigenvalue weighted by Crippen LogP contribution is -2.42. The maximum Gasteiger partial charge on any atom is 0.227 e. The number of nitrogens with one attached hydrogen (secondary N) is 1. The summed E-state index contributed by atoms with van der Waals surface area (Å²) in [5, 5.41) is 6.67. The van der Waals surface area contributed by atoms with Gasteiger partial charge in [0.25, 0.3) is 0 Å². The minimum atomic E-state index is 0.00154. The molecular formula is C20H26N4O4. The summed E-state index contributed by atoms with van der Waals surface area (Å²) in [6, 6.07) is 7.48. The topological polar surface area (TPSA) is 97.6 Å². The molecule has 0 spiro atoms. The van der Waals surface area contributed by atoms with E-state index in [2.05, 4.69) is 15.5 Å². The number of ether oxygens (including phenoxy) is 1. The fourth-order valence-corrected chi connectivity index (χ4v) is 3.31. The Labute approximate surface area is 164 Å². The second kappa shape index (κ2) is 9.34. The predicted molar refractivity (Wildman–Crippen MR) is 103 cm³/mol. The Morgan fingerprint density at radius 1 is 1.25 bits per heavy atom. The summed E-state index contributed by atoms with van der Waals surface area (Å²) in [7, 11) is 1.64. The molecule has 1 fully saturated rings. The van der Waals surface area contributed by atoms with Crippen molar-refractivity contribution in [3.05, 3.63) is 30.2 Å². The van der Waals surface area contributed by atoms with Gasteiger partial charge in [-0.2, -0.15) is 4.98 Å². The first kappa shape index (κ1) is 19.9. The number of hydrogen-bond acceptors (Lipinski definition) is 6. The zero-order chi connectivity index (χ0) is 19.9. The lowest BCUT2D eigenvalue weighted by molar-refractivity contribution is -0.135. The number of aryl methyl sites for hydroxylation is 1. The smallest absolute Gasteiger partial charge is 0.227 e. The molecule has 150 valence electrons. The van der Waals surface area contributed by atoms with E-state index in [9.17, 15) is 9.59 Å². The minimum absolute atomic E-state index is 0.00154. The van der Waals surface area contributed by atoms with E-state index in [0.717, 1.165) is 11.3 Å². The number of aromatic nitrogens is 2. The molecule has 1 saturated heterocycles. The molecule has 2 heterocycles. The zero-order valence-electron chi connectivity index (χ0n) is 16.3. The quantitative estimate of drug-likeness (QED) is 0.782. The number of amides is 2. The van der Waals surface area contributed by atoms with Gasteiger partial charge in [-0.3, -0.25) is 9.59 Å². The lowest BCUT2D eigenvalue weighted by Gasteiger charge is -2.31. The standard InChI is InChI=1S/C20H26N4O4/c1-3-27-16-6-4-14(5-7-16)19-22-17(28-23-19)8-9-18(25)24-12-10-15(11-13-24)20(26)21-2/h4-7,15H,3,8-13H2,1-2H3,(H,21,26). The van der Waals surface area contributed by atoms with Gasteiger partial charge in [0.15, 0.2) is 0 Å². The number of carbonyl (C=O) groups excluding carboxylic acids is 2. The van der Waals surface area contributed by atoms with Crippen molar-refractivity contribution in [2.45, 2.75) is 32.6 Å². The van der Waals surface area contributed by atoms with E-state index < -0.39 is 0 Å². The zero-order valence-corrected chi connectivity index (χ0v) is 16.3. The third-order valence-corrected chi connectivity index (χ3v) is 4.91. The number of nitrogens with zero attached hydrogens (tertiary/aromatic N) is 3. The molecule has 2 amide bonds. The molecular weight excluding hydrogens is 360 g/mol. The van der Waals surface area contributed by atoms with Crippen LogP contribution in [0.2, 0.25) is 0 Å². The van der Waals surface area contributed by atoms with Gasteiger partial charge in [-0.1, -0.05) is 5.16 Å². The molecule has 0 unspecified atom stereocenters. The molecule has 3 rings (SSSR count). The number of rotatable bonds is 7. The van der Waals surface area contributed by atoms with Gasteiger partial charge in [0.05, 0.1) is 6.61 Å². The summed E-state index contributed by atoms with van der Waals surface area (Å²) in [4.78, 5) is 30.3. The van der Waals surface area contributed by atoms with Crippen LogP contribution in [0.15, 0.2) is 28.8 Å². The molecule has 0 aliphatic carbocycles. The molecule has 28 heavy (non-hydrogen) atoms. The Balaban J connectivity index is 1.49. The van der Waals surface area contributed by atoms with Crippen molar-refractivity contribution in [3.8, 4) is 17.1 Å². The van der Waals surface area contributed by atoms with Gasteiger partial charge in [0.1, 0.15) is 5.75 Å². The van der Waals surface area contributed by atoms with Gasteiger partial charge >= 0.3 is 0 Å². The fourth-order valence-electron chi connectivity index (χ4n) is 3.31. The molecule has 0 atom stereocenters. The number of piperidine rings is 1. The van der Waals surface area contributed by atoms with Crippen LogP contribution in [0.1, 0.15) is 32.1 Å². The van der Waals surface area contributed by atoms with Gasteiger partial charge in [0, 0.05) is 44.5 Å². The molecule has 8 heteroatoms. The molecule has 0 bridgehead atoms. The summed E-state index contributed by atoms with van der Waals surface area (Å²) in [6.45, 7) is 3.77. The Bertz CT molecular complexity index is 795. The van der Waals surface area contributed by atoms with E-state index in [1.807, 2.05) is 36.1 Å². The maximum atomic E-state index is 12.4. The molecule has 1 aromatic heterocycles. The second-order valence-corrected chi connectivity index (χ2v) is 6.74. The average molecular weight is 386 g/mol. The largest absolute Gasteiger partial charge is 0.494 e. The third-order valence-electron chi connectivity index (χ3n) is 4.91. The molecule has 1 aromatic carbocycles. The van der Waals surface area contributed by atoms with Crippen molar-refractivity contribution in [1.29, 1.82) is 0 Å². The molecule has 1 aliphatic heterocycles. The third kappa shape index (κ3) is 4.88. The monoisotopic (exact) mass is 386 g/mol. The van der Waals surface area contributed by atoms with Crippen LogP contribution < -0.4 is 10.1 Å². The van der Waals surface area contributed by atoms with Crippen molar-refractivity contribution in [2.24, 2.45) is 5.92 Å². The highest BCUT2D eigenvalue weighted by atomic mass is 16.5. The van der Waals surface area contributed by atoms with Crippen molar-refractivity contribution in [3.63, 3.8) is 0 Å². The van der Waals surface area contributed by atoms with E-state index in [-0.39, 0.29) is 17.7 Å². The highest BCUT2D eigenvalue weighted by Crippen LogP contribution is 2.21. The van der Waals surface area contributed by atoms with Crippen LogP contribution >= 0.6 is 0 Å². The van der Waals surface area contributed by atoms with Crippen LogP contribution in [0.5, 0.6) is 5.75 Å². The maximum absolute atomic E-state index is 12.4. The number of likely N-dealkylation sites (tertiary alicyclic amines) is 1. The molecule has 8 nitrogen and oxygen atoms in total. The van der Waals surface area contributed by atoms with Gasteiger partial charge in [0.2, 0.25) is 23.5 Å². The van der Waals surface area contributed by atoms with Crippen molar-refractivity contribution < 1.29 is 18.8 Å². The van der Waals surface area contributed by atoms with Gasteiger partial charge in [-0.25, -0.2) is 0 Å². The van der Waals surface area contributed by atoms with Crippen molar-refractivity contribution in [1.82, 2.24) is 20.4 Å². The summed E-state index contributed by atoms with van der Waals surface area (Å²) in [5.74, 6) is 1.84. The Kier molecular flexibility index (Phi) is 6.62. The van der Waals surface area contributed by atoms with E-state index in [1.165, 1.54) is 0 Å². The average Bonchev–Trinajstić information content (AvgIpc) is 3.21. The highest BCUT2D eigenvalue weighted by molar-refractivity contribution is 5.79. The SMILES string of the molecule is CCOc1ccc(-c2noc(CCC(=O)N3CCC(C(=O)NC)CC3)n2)cc1. The van der Waals surface area contributed by atoms with Crippen molar-refractivity contribution in [2.75, 3.05) is 26.7 Å². The van der Waals surface area contributed by atoms with Crippen LogP contribution in [-0.2, 0) is 16.0 Å². The normalized spacial score (nSPS) is 14.7. The van der Waals surface area contributed by atoms with Crippen LogP contribution in [-0.4, -0.2) is 53.6 Å². The molecule has 0 radical (unpaired) electrons. The Hall–Kier alpha value is -2.90. The van der Waals surface area contributed by atoms with E-state index >= 15 is 0 Å². The van der Waals surface area contributed by atoms with Crippen LogP contribution in [0.3, 0.4) is 0 Å². The molecule has 0 saturated carbocycles. The first-order valence-electron chi connectivity index (χ1n) is 9.66. The van der Waals surface area contributed by atoms with E-state index in [4.69, 9.17) is 9.26 Å². The summed E-state index contributed by atoms with van der Waals surface area (Å²) in [6.07, 6.45) is 2.12. The van der Waals surface area contributed by atoms with Gasteiger partial charge in [-0.15, -0.1) is 0 Å². The number of carbonyl (C=O) groups is 2. The van der Waals surface area contributed by atoms with Gasteiger partial charge < -0.3 is 19.5 Å². The molecule has 1 aliphatic rings. The minimum Gasteiger partial charge on any atom is -0.494 e. The van der Waals surface area contributed by atoms with Crippen LogP contribution in [0.4, 0.5) is 0 Å². The summed E-state index contributed by atoms with van der Waals surface area (Å²) in [5.41, 5.74) is 0.834. The highest BCUT2D eigenvalue weighted by Gasteiger charge is 2.26. The van der Waals surface area contributed by atoms with Crippen molar-refractivity contribution >= 4 is 11.8 Å². The predicted octanol–water partition coefficient (Wildman–Crippen LogP) is 2.05. The van der Waals surface area contributed by atoms with Gasteiger partial charge in [-0.05, 0) is 44.0 Å².